The molecule has 0 amide bonds. The molecular weight excluding hydrogens is 242 g/mol. The fourth-order valence-electron chi connectivity index (χ4n) is 2.49. The summed E-state index contributed by atoms with van der Waals surface area (Å²) in [6, 6.07) is 6.39. The van der Waals surface area contributed by atoms with Crippen LogP contribution >= 0.6 is 0 Å². The third-order valence-corrected chi connectivity index (χ3v) is 3.46. The van der Waals surface area contributed by atoms with E-state index in [2.05, 4.69) is 6.92 Å². The van der Waals surface area contributed by atoms with Crippen LogP contribution in [-0.2, 0) is 4.79 Å². The minimum atomic E-state index is -0.421. The quantitative estimate of drug-likeness (QED) is 0.595. The van der Waals surface area contributed by atoms with E-state index in [1.165, 1.54) is 12.1 Å². The molecule has 100 valence electrons. The second-order valence-corrected chi connectivity index (χ2v) is 4.81. The Morgan fingerprint density at radius 1 is 1.32 bits per heavy atom. The molecule has 0 radical (unpaired) electrons. The van der Waals surface area contributed by atoms with Crippen molar-refractivity contribution in [3.63, 3.8) is 0 Å². The average molecular weight is 259 g/mol. The maximum absolute atomic E-state index is 12.0. The molecule has 0 aromatic heterocycles. The summed E-state index contributed by atoms with van der Waals surface area (Å²) in [5, 5.41) is 10.8. The molecule has 0 atom stereocenters. The SMILES string of the molecule is CCCCC1=C(c2cccc([N+](=O)[O-])c2)C(=O)CC1. The van der Waals surface area contributed by atoms with Crippen LogP contribution in [0.5, 0.6) is 0 Å². The first kappa shape index (κ1) is 13.5. The molecule has 4 heteroatoms. The number of ketones is 1. The molecule has 1 aliphatic rings. The van der Waals surface area contributed by atoms with E-state index in [4.69, 9.17) is 0 Å². The normalized spacial score (nSPS) is 15.1. The van der Waals surface area contributed by atoms with E-state index >= 15 is 0 Å². The highest BCUT2D eigenvalue weighted by atomic mass is 16.6. The van der Waals surface area contributed by atoms with E-state index in [1.54, 1.807) is 12.1 Å². The zero-order valence-electron chi connectivity index (χ0n) is 11.0. The third kappa shape index (κ3) is 2.89. The van der Waals surface area contributed by atoms with Crippen LogP contribution in [0.3, 0.4) is 0 Å². The van der Waals surface area contributed by atoms with Crippen molar-refractivity contribution in [1.82, 2.24) is 0 Å². The Morgan fingerprint density at radius 3 is 2.79 bits per heavy atom. The minimum absolute atomic E-state index is 0.0412. The molecule has 2 rings (SSSR count). The number of carbonyl (C=O) groups is 1. The van der Waals surface area contributed by atoms with Crippen molar-refractivity contribution in [2.75, 3.05) is 0 Å². The maximum Gasteiger partial charge on any atom is 0.270 e. The zero-order valence-corrected chi connectivity index (χ0v) is 11.0. The molecule has 1 aromatic rings. The van der Waals surface area contributed by atoms with Crippen LogP contribution in [0, 0.1) is 10.1 Å². The number of carbonyl (C=O) groups excluding carboxylic acids is 1. The van der Waals surface area contributed by atoms with Crippen LogP contribution < -0.4 is 0 Å². The van der Waals surface area contributed by atoms with Crippen molar-refractivity contribution < 1.29 is 9.72 Å². The Hall–Kier alpha value is -1.97. The summed E-state index contributed by atoms with van der Waals surface area (Å²) in [4.78, 5) is 22.4. The van der Waals surface area contributed by atoms with Gasteiger partial charge in [-0.2, -0.15) is 0 Å². The molecule has 19 heavy (non-hydrogen) atoms. The number of rotatable bonds is 5. The number of nitro benzene ring substituents is 1. The molecule has 0 saturated carbocycles. The van der Waals surface area contributed by atoms with E-state index in [1.807, 2.05) is 0 Å². The van der Waals surface area contributed by atoms with E-state index in [9.17, 15) is 14.9 Å². The molecule has 0 unspecified atom stereocenters. The first-order valence-electron chi connectivity index (χ1n) is 6.63. The largest absolute Gasteiger partial charge is 0.294 e. The number of allylic oxidation sites excluding steroid dienone is 2. The van der Waals surface area contributed by atoms with Gasteiger partial charge in [0, 0.05) is 24.1 Å². The lowest BCUT2D eigenvalue weighted by atomic mass is 9.98. The number of unbranched alkanes of at least 4 members (excludes halogenated alkanes) is 1. The summed E-state index contributed by atoms with van der Waals surface area (Å²) in [6.45, 7) is 2.12. The standard InChI is InChI=1S/C15H17NO3/c1-2-3-5-11-8-9-14(17)15(11)12-6-4-7-13(10-12)16(18)19/h4,6-7,10H,2-3,5,8-9H2,1H3. The summed E-state index contributed by atoms with van der Waals surface area (Å²) in [5.41, 5.74) is 2.62. The van der Waals surface area contributed by atoms with Crippen molar-refractivity contribution in [2.45, 2.75) is 39.0 Å². The highest BCUT2D eigenvalue weighted by Crippen LogP contribution is 2.35. The van der Waals surface area contributed by atoms with E-state index in [-0.39, 0.29) is 11.5 Å². The number of Topliss-reactive ketones (excluding diaryl/α,β-unsaturated/α-hetero) is 1. The number of non-ortho nitro benzene ring substituents is 1. The Morgan fingerprint density at radius 2 is 2.11 bits per heavy atom. The maximum atomic E-state index is 12.0. The van der Waals surface area contributed by atoms with Gasteiger partial charge in [0.05, 0.1) is 4.92 Å². The van der Waals surface area contributed by atoms with Crippen LogP contribution in [0.15, 0.2) is 29.8 Å². The summed E-state index contributed by atoms with van der Waals surface area (Å²) in [7, 11) is 0. The molecule has 0 spiro atoms. The molecular formula is C15H17NO3. The van der Waals surface area contributed by atoms with Gasteiger partial charge in [0.2, 0.25) is 0 Å². The molecule has 0 aliphatic heterocycles. The van der Waals surface area contributed by atoms with Crippen molar-refractivity contribution in [2.24, 2.45) is 0 Å². The van der Waals surface area contributed by atoms with Crippen LogP contribution in [0.4, 0.5) is 5.69 Å². The molecule has 0 fully saturated rings. The van der Waals surface area contributed by atoms with Gasteiger partial charge in [0.25, 0.3) is 5.69 Å². The van der Waals surface area contributed by atoms with Gasteiger partial charge in [-0.25, -0.2) is 0 Å². The summed E-state index contributed by atoms with van der Waals surface area (Å²) < 4.78 is 0. The number of nitrogens with zero attached hydrogens (tertiary/aromatic N) is 1. The zero-order chi connectivity index (χ0) is 13.8. The number of benzene rings is 1. The number of hydrogen-bond donors (Lipinski definition) is 0. The van der Waals surface area contributed by atoms with Crippen LogP contribution in [-0.4, -0.2) is 10.7 Å². The molecule has 4 nitrogen and oxygen atoms in total. The Kier molecular flexibility index (Phi) is 4.10. The fourth-order valence-corrected chi connectivity index (χ4v) is 2.49. The Balaban J connectivity index is 2.39. The van der Waals surface area contributed by atoms with Crippen molar-refractivity contribution >= 4 is 17.0 Å². The minimum Gasteiger partial charge on any atom is -0.294 e. The van der Waals surface area contributed by atoms with E-state index < -0.39 is 4.92 Å². The predicted octanol–water partition coefficient (Wildman–Crippen LogP) is 3.90. The van der Waals surface area contributed by atoms with Gasteiger partial charge in [0.15, 0.2) is 5.78 Å². The number of hydrogen-bond acceptors (Lipinski definition) is 3. The Bertz CT molecular complexity index is 546. The lowest BCUT2D eigenvalue weighted by molar-refractivity contribution is -0.384. The second-order valence-electron chi connectivity index (χ2n) is 4.81. The van der Waals surface area contributed by atoms with Gasteiger partial charge in [-0.1, -0.05) is 31.1 Å². The molecule has 0 N–H and O–H groups in total. The van der Waals surface area contributed by atoms with Gasteiger partial charge in [0.1, 0.15) is 0 Å². The summed E-state index contributed by atoms with van der Waals surface area (Å²) in [5.74, 6) is 0.117. The first-order chi connectivity index (χ1) is 9.13. The van der Waals surface area contributed by atoms with Gasteiger partial charge in [-0.3, -0.25) is 14.9 Å². The van der Waals surface area contributed by atoms with E-state index in [0.29, 0.717) is 12.0 Å². The van der Waals surface area contributed by atoms with Crippen LogP contribution in [0.2, 0.25) is 0 Å². The third-order valence-electron chi connectivity index (χ3n) is 3.46. The Labute approximate surface area is 112 Å². The lowest BCUT2D eigenvalue weighted by Gasteiger charge is -2.06. The van der Waals surface area contributed by atoms with Crippen LogP contribution in [0.1, 0.15) is 44.6 Å². The molecule has 1 aliphatic carbocycles. The van der Waals surface area contributed by atoms with Crippen LogP contribution in [0.25, 0.3) is 5.57 Å². The van der Waals surface area contributed by atoms with Crippen molar-refractivity contribution in [3.8, 4) is 0 Å². The topological polar surface area (TPSA) is 60.2 Å². The second kappa shape index (κ2) is 5.78. The smallest absolute Gasteiger partial charge is 0.270 e. The average Bonchev–Trinajstić information content (AvgIpc) is 2.77. The van der Waals surface area contributed by atoms with Gasteiger partial charge >= 0.3 is 0 Å². The first-order valence-corrected chi connectivity index (χ1v) is 6.63. The number of nitro groups is 1. The fraction of sp³-hybridized carbons (Fsp3) is 0.400. The summed E-state index contributed by atoms with van der Waals surface area (Å²) >= 11 is 0. The molecule has 0 bridgehead atoms. The van der Waals surface area contributed by atoms with Gasteiger partial charge in [-0.15, -0.1) is 0 Å². The highest BCUT2D eigenvalue weighted by molar-refractivity contribution is 6.23. The van der Waals surface area contributed by atoms with Gasteiger partial charge in [-0.05, 0) is 24.8 Å². The monoisotopic (exact) mass is 259 g/mol. The highest BCUT2D eigenvalue weighted by Gasteiger charge is 2.24. The van der Waals surface area contributed by atoms with Gasteiger partial charge < -0.3 is 0 Å². The molecule has 1 aromatic carbocycles. The predicted molar refractivity (Wildman–Crippen MR) is 73.8 cm³/mol. The summed E-state index contributed by atoms with van der Waals surface area (Å²) in [6.07, 6.45) is 4.40. The van der Waals surface area contributed by atoms with Crippen molar-refractivity contribution in [1.29, 1.82) is 0 Å². The molecule has 0 heterocycles. The lowest BCUT2D eigenvalue weighted by Crippen LogP contribution is -1.97. The van der Waals surface area contributed by atoms with E-state index in [0.717, 1.165) is 36.8 Å². The molecule has 0 saturated heterocycles. The van der Waals surface area contributed by atoms with Crippen molar-refractivity contribution in [3.05, 3.63) is 45.5 Å².